The van der Waals surface area contributed by atoms with Gasteiger partial charge in [0.15, 0.2) is 12.6 Å². The maximum atomic E-state index is 8.93. The zero-order chi connectivity index (χ0) is 7.56. The molecule has 10 heavy (non-hydrogen) atoms. The Hall–Kier alpha value is -0.200. The average molecular weight is 149 g/mol. The van der Waals surface area contributed by atoms with E-state index in [1.54, 1.807) is 0 Å². The van der Waals surface area contributed by atoms with Gasteiger partial charge in [0.1, 0.15) is 0 Å². The van der Waals surface area contributed by atoms with Gasteiger partial charge in [0.2, 0.25) is 0 Å². The van der Waals surface area contributed by atoms with Crippen LogP contribution in [0.1, 0.15) is 0 Å². The lowest BCUT2D eigenvalue weighted by molar-refractivity contribution is -0.241. The van der Waals surface area contributed by atoms with E-state index in [1.165, 1.54) is 0 Å². The summed E-state index contributed by atoms with van der Waals surface area (Å²) in [5.74, 6) is 0. The number of aliphatic hydroxyl groups is 3. The van der Waals surface area contributed by atoms with Crippen LogP contribution in [0.5, 0.6) is 0 Å². The summed E-state index contributed by atoms with van der Waals surface area (Å²) in [5, 5.41) is 29.0. The summed E-state index contributed by atoms with van der Waals surface area (Å²) in [4.78, 5) is 0. The van der Waals surface area contributed by atoms with Gasteiger partial charge in [-0.25, -0.2) is 0 Å². The lowest BCUT2D eigenvalue weighted by atomic mass is 10.2. The van der Waals surface area contributed by atoms with Gasteiger partial charge in [-0.1, -0.05) is 0 Å². The molecule has 2 unspecified atom stereocenters. The molecule has 0 radical (unpaired) electrons. The van der Waals surface area contributed by atoms with E-state index in [4.69, 9.17) is 15.3 Å². The molecule has 1 fully saturated rings. The molecule has 60 valence electrons. The molecule has 0 aromatic heterocycles. The number of nitrogens with one attached hydrogen (secondary N) is 1. The average Bonchev–Trinajstić information content (AvgIpc) is 1.88. The summed E-state index contributed by atoms with van der Waals surface area (Å²) in [6, 6.07) is -0.483. The zero-order valence-corrected chi connectivity index (χ0v) is 5.40. The second kappa shape index (κ2) is 3.27. The summed E-state index contributed by atoms with van der Waals surface area (Å²) in [6.07, 6.45) is -2.09. The lowest BCUT2D eigenvalue weighted by Gasteiger charge is -2.30. The molecule has 5 nitrogen and oxygen atoms in total. The lowest BCUT2D eigenvalue weighted by Crippen LogP contribution is -2.54. The zero-order valence-electron chi connectivity index (χ0n) is 5.40. The van der Waals surface area contributed by atoms with Crippen LogP contribution in [0.25, 0.3) is 0 Å². The van der Waals surface area contributed by atoms with E-state index in [0.717, 1.165) is 0 Å². The first-order valence-corrected chi connectivity index (χ1v) is 3.10. The molecule has 1 saturated heterocycles. The highest BCUT2D eigenvalue weighted by molar-refractivity contribution is 4.73. The SMILES string of the molecule is OCC1NCC(O)O[C@@H]1O. The molecule has 0 bridgehead atoms. The van der Waals surface area contributed by atoms with Crippen molar-refractivity contribution in [2.45, 2.75) is 18.6 Å². The fourth-order valence-corrected chi connectivity index (χ4v) is 0.812. The van der Waals surface area contributed by atoms with E-state index in [2.05, 4.69) is 10.1 Å². The molecule has 1 rings (SSSR count). The van der Waals surface area contributed by atoms with Crippen LogP contribution in [0.2, 0.25) is 0 Å². The predicted octanol–water partition coefficient (Wildman–Crippen LogP) is -2.40. The quantitative estimate of drug-likeness (QED) is 0.334. The van der Waals surface area contributed by atoms with E-state index >= 15 is 0 Å². The normalized spacial score (nSPS) is 41.7. The minimum Gasteiger partial charge on any atom is -0.395 e. The number of aliphatic hydroxyl groups excluding tert-OH is 3. The Morgan fingerprint density at radius 3 is 2.70 bits per heavy atom. The Labute approximate surface area is 58.2 Å². The van der Waals surface area contributed by atoms with Gasteiger partial charge in [0, 0.05) is 6.54 Å². The maximum absolute atomic E-state index is 8.93. The second-order valence-corrected chi connectivity index (χ2v) is 2.18. The summed E-state index contributed by atoms with van der Waals surface area (Å²) in [6.45, 7) is 0.0379. The fourth-order valence-electron chi connectivity index (χ4n) is 0.812. The standard InChI is InChI=1S/C5H11NO4/c7-2-3-5(9)10-4(8)1-6-3/h3-9H,1-2H2/t3?,4?,5-/m0/s1. The molecule has 1 aliphatic rings. The molecular formula is C5H11NO4. The molecular weight excluding hydrogens is 138 g/mol. The predicted molar refractivity (Wildman–Crippen MR) is 32.0 cm³/mol. The molecule has 0 saturated carbocycles. The molecule has 1 aliphatic heterocycles. The monoisotopic (exact) mass is 149 g/mol. The van der Waals surface area contributed by atoms with Crippen molar-refractivity contribution in [1.82, 2.24) is 5.32 Å². The van der Waals surface area contributed by atoms with Gasteiger partial charge >= 0.3 is 0 Å². The van der Waals surface area contributed by atoms with Crippen LogP contribution in [0.4, 0.5) is 0 Å². The minimum absolute atomic E-state index is 0.201. The molecule has 0 aliphatic carbocycles. The molecule has 0 amide bonds. The van der Waals surface area contributed by atoms with Crippen LogP contribution in [0, 0.1) is 0 Å². The highest BCUT2D eigenvalue weighted by Crippen LogP contribution is 2.04. The molecule has 0 spiro atoms. The Morgan fingerprint density at radius 2 is 2.20 bits per heavy atom. The van der Waals surface area contributed by atoms with E-state index in [1.807, 2.05) is 0 Å². The van der Waals surface area contributed by atoms with Crippen LogP contribution < -0.4 is 5.32 Å². The Kier molecular flexibility index (Phi) is 2.58. The fraction of sp³-hybridized carbons (Fsp3) is 1.00. The number of β-amino-alcohol motifs (C(OH)–C–C–N with tert-alkyl or cyclic N) is 1. The van der Waals surface area contributed by atoms with Crippen molar-refractivity contribution in [3.05, 3.63) is 0 Å². The smallest absolute Gasteiger partial charge is 0.175 e. The molecule has 3 atom stereocenters. The van der Waals surface area contributed by atoms with E-state index in [9.17, 15) is 0 Å². The number of hydrogen-bond donors (Lipinski definition) is 4. The van der Waals surface area contributed by atoms with Crippen LogP contribution >= 0.6 is 0 Å². The van der Waals surface area contributed by atoms with Crippen molar-refractivity contribution >= 4 is 0 Å². The number of ether oxygens (including phenoxy) is 1. The van der Waals surface area contributed by atoms with Gasteiger partial charge in [-0.05, 0) is 0 Å². The van der Waals surface area contributed by atoms with Crippen molar-refractivity contribution < 1.29 is 20.1 Å². The topological polar surface area (TPSA) is 82.0 Å². The van der Waals surface area contributed by atoms with E-state index in [0.29, 0.717) is 0 Å². The van der Waals surface area contributed by atoms with Crippen LogP contribution in [0.3, 0.4) is 0 Å². The van der Waals surface area contributed by atoms with Crippen molar-refractivity contribution in [3.63, 3.8) is 0 Å². The van der Waals surface area contributed by atoms with Crippen LogP contribution in [-0.4, -0.2) is 47.1 Å². The molecule has 1 heterocycles. The summed E-state index contributed by atoms with van der Waals surface area (Å²) >= 11 is 0. The highest BCUT2D eigenvalue weighted by Gasteiger charge is 2.26. The van der Waals surface area contributed by atoms with E-state index < -0.39 is 18.6 Å². The third kappa shape index (κ3) is 1.65. The molecule has 5 heteroatoms. The molecule has 4 N–H and O–H groups in total. The third-order valence-electron chi connectivity index (χ3n) is 1.39. The largest absolute Gasteiger partial charge is 0.395 e. The Morgan fingerprint density at radius 1 is 1.50 bits per heavy atom. The highest BCUT2D eigenvalue weighted by atomic mass is 16.7. The number of morpholine rings is 1. The van der Waals surface area contributed by atoms with Crippen molar-refractivity contribution in [2.75, 3.05) is 13.2 Å². The summed E-state index contributed by atoms with van der Waals surface area (Å²) in [5.41, 5.74) is 0. The Balaban J connectivity index is 2.36. The maximum Gasteiger partial charge on any atom is 0.175 e. The van der Waals surface area contributed by atoms with Crippen molar-refractivity contribution in [3.8, 4) is 0 Å². The number of hydrogen-bond acceptors (Lipinski definition) is 5. The third-order valence-corrected chi connectivity index (χ3v) is 1.39. The van der Waals surface area contributed by atoms with Crippen molar-refractivity contribution in [2.24, 2.45) is 0 Å². The van der Waals surface area contributed by atoms with Crippen molar-refractivity contribution in [1.29, 1.82) is 0 Å². The van der Waals surface area contributed by atoms with Gasteiger partial charge in [-0.2, -0.15) is 0 Å². The molecule has 0 aromatic carbocycles. The number of rotatable bonds is 1. The van der Waals surface area contributed by atoms with Gasteiger partial charge in [-0.3, -0.25) is 0 Å². The van der Waals surface area contributed by atoms with Gasteiger partial charge in [-0.15, -0.1) is 0 Å². The summed E-state index contributed by atoms with van der Waals surface area (Å²) in [7, 11) is 0. The Bertz CT molecular complexity index is 110. The van der Waals surface area contributed by atoms with Gasteiger partial charge < -0.3 is 25.4 Å². The van der Waals surface area contributed by atoms with Gasteiger partial charge in [0.05, 0.1) is 12.6 Å². The molecule has 0 aromatic rings. The van der Waals surface area contributed by atoms with Crippen LogP contribution in [0.15, 0.2) is 0 Å². The first kappa shape index (κ1) is 7.90. The minimum atomic E-state index is -1.12. The van der Waals surface area contributed by atoms with Crippen LogP contribution in [-0.2, 0) is 4.74 Å². The first-order valence-electron chi connectivity index (χ1n) is 3.10. The van der Waals surface area contributed by atoms with E-state index in [-0.39, 0.29) is 13.2 Å². The van der Waals surface area contributed by atoms with Gasteiger partial charge in [0.25, 0.3) is 0 Å². The first-order chi connectivity index (χ1) is 4.74. The second-order valence-electron chi connectivity index (χ2n) is 2.18. The summed E-state index contributed by atoms with van der Waals surface area (Å²) < 4.78 is 4.58.